The average Bonchev–Trinajstić information content (AvgIpc) is 1.30. The fourth-order valence-corrected chi connectivity index (χ4v) is 0.793. The molecule has 0 atom stereocenters. The van der Waals surface area contributed by atoms with Crippen LogP contribution in [0.5, 0.6) is 0 Å². The van der Waals surface area contributed by atoms with Crippen molar-refractivity contribution in [2.75, 3.05) is 0 Å². The Kier molecular flexibility index (Phi) is 2.61. The summed E-state index contributed by atoms with van der Waals surface area (Å²) in [6.45, 7) is 5.83. The molecular weight excluding hydrogens is 268 g/mol. The summed E-state index contributed by atoms with van der Waals surface area (Å²) in [5.74, 6) is 0. The second-order valence-electron chi connectivity index (χ2n) is 2.31. The van der Waals surface area contributed by atoms with E-state index in [-0.39, 0.29) is 5.54 Å². The molecule has 0 fully saturated rings. The summed E-state index contributed by atoms with van der Waals surface area (Å²) < 4.78 is 13.8. The molecule has 2 nitrogen and oxygen atoms in total. The van der Waals surface area contributed by atoms with E-state index in [1.165, 1.54) is 0 Å². The minimum atomic E-state index is -1.32. The Morgan fingerprint density at radius 2 is 1.86 bits per heavy atom. The Morgan fingerprint density at radius 1 is 1.43 bits per heavy atom. The molecule has 0 radical (unpaired) electrons. The van der Waals surface area contributed by atoms with Crippen LogP contribution in [0.15, 0.2) is 3.65 Å². The minimum absolute atomic E-state index is 0.0754. The number of nitrogens with zero attached hydrogens (tertiary/aromatic N) is 1. The number of hydrogen-bond donors (Lipinski definition) is 0. The van der Waals surface area contributed by atoms with Crippen LogP contribution in [-0.2, 0) is 20.7 Å². The van der Waals surface area contributed by atoms with E-state index in [9.17, 15) is 3.54 Å². The predicted molar refractivity (Wildman–Crippen MR) is 22.9 cm³/mol. The van der Waals surface area contributed by atoms with Crippen LogP contribution < -0.4 is 0 Å². The summed E-state index contributed by atoms with van der Waals surface area (Å²) >= 11 is -1.32. The molecule has 0 aromatic rings. The summed E-state index contributed by atoms with van der Waals surface area (Å²) in [5, 5.41) is 0. The van der Waals surface area contributed by atoms with E-state index in [4.69, 9.17) is 0 Å². The Hall–Kier alpha value is 0.236. The monoisotopic (exact) mass is 279 g/mol. The second-order valence-corrected chi connectivity index (χ2v) is 3.35. The van der Waals surface area contributed by atoms with Gasteiger partial charge in [0.05, 0.1) is 0 Å². The Morgan fingerprint density at radius 3 is 1.86 bits per heavy atom. The number of rotatable bonds is 0. The van der Waals surface area contributed by atoms with E-state index >= 15 is 0 Å². The molecule has 0 spiro atoms. The molecule has 0 N–H and O–H groups in total. The van der Waals surface area contributed by atoms with E-state index in [1.54, 1.807) is 0 Å². The zero-order valence-corrected chi connectivity index (χ0v) is 7.25. The summed E-state index contributed by atoms with van der Waals surface area (Å²) in [5.41, 5.74) is -0.0754. The molecule has 0 rings (SSSR count). The van der Waals surface area contributed by atoms with E-state index in [2.05, 4.69) is 3.65 Å². The molecule has 0 heterocycles. The van der Waals surface area contributed by atoms with Gasteiger partial charge in [0.2, 0.25) is 0 Å². The van der Waals surface area contributed by atoms with Crippen molar-refractivity contribution in [3.05, 3.63) is 0 Å². The maximum atomic E-state index is 9.92. The van der Waals surface area contributed by atoms with Crippen LogP contribution in [0.25, 0.3) is 0 Å². The average molecular weight is 277 g/mol. The van der Waals surface area contributed by atoms with Crippen molar-refractivity contribution < 1.29 is 20.7 Å². The van der Waals surface area contributed by atoms with Crippen molar-refractivity contribution in [2.24, 2.45) is 3.65 Å². The van der Waals surface area contributed by atoms with Crippen LogP contribution in [0, 0.1) is 0 Å². The standard InChI is InChI=1S/C4H9N.O.Os/c1-4(2,3)5;;/h1-3H3;;/q;;+2. The molecular formula is C4H9NOOs+2. The first-order valence-electron chi connectivity index (χ1n) is 2.03. The molecule has 7 heavy (non-hydrogen) atoms. The van der Waals surface area contributed by atoms with Gasteiger partial charge in [-0.25, -0.2) is 0 Å². The Bertz CT molecular complexity index is 98.7. The van der Waals surface area contributed by atoms with E-state index < -0.39 is 17.2 Å². The van der Waals surface area contributed by atoms with Crippen molar-refractivity contribution in [1.29, 1.82) is 0 Å². The molecule has 0 amide bonds. The molecule has 0 bridgehead atoms. The molecule has 0 aliphatic rings. The van der Waals surface area contributed by atoms with Gasteiger partial charge < -0.3 is 0 Å². The third-order valence-electron chi connectivity index (χ3n) is 0.269. The summed E-state index contributed by atoms with van der Waals surface area (Å²) in [6, 6.07) is 0. The SMILES string of the molecule is CC(C)(C)[N]=[Os+2]=[O]. The fourth-order valence-electron chi connectivity index (χ4n) is 0.0968. The Balaban J connectivity index is 3.80. The maximum absolute atomic E-state index is 9.92. The predicted octanol–water partition coefficient (Wildman–Crippen LogP) is 1.40. The third kappa shape index (κ3) is 6.24. The first-order valence-corrected chi connectivity index (χ1v) is 4.20. The summed E-state index contributed by atoms with van der Waals surface area (Å²) in [7, 11) is 0. The van der Waals surface area contributed by atoms with Crippen molar-refractivity contribution >= 4 is 0 Å². The van der Waals surface area contributed by atoms with Gasteiger partial charge in [-0.05, 0) is 0 Å². The first kappa shape index (κ1) is 7.24. The van der Waals surface area contributed by atoms with Gasteiger partial charge in [-0.3, -0.25) is 0 Å². The molecule has 42 valence electrons. The van der Waals surface area contributed by atoms with Crippen LogP contribution in [0.1, 0.15) is 20.8 Å². The van der Waals surface area contributed by atoms with Gasteiger partial charge in [-0.2, -0.15) is 0 Å². The van der Waals surface area contributed by atoms with E-state index in [0.717, 1.165) is 0 Å². The van der Waals surface area contributed by atoms with Gasteiger partial charge in [0.1, 0.15) is 0 Å². The van der Waals surface area contributed by atoms with Crippen molar-refractivity contribution in [3.8, 4) is 0 Å². The Labute approximate surface area is 51.2 Å². The zero-order chi connectivity index (χ0) is 5.91. The van der Waals surface area contributed by atoms with Gasteiger partial charge in [0.25, 0.3) is 0 Å². The van der Waals surface area contributed by atoms with Gasteiger partial charge in [0, 0.05) is 0 Å². The summed E-state index contributed by atoms with van der Waals surface area (Å²) in [4.78, 5) is 0. The van der Waals surface area contributed by atoms with Gasteiger partial charge in [0.15, 0.2) is 0 Å². The normalized spacial score (nSPS) is 10.7. The first-order chi connectivity index (χ1) is 3.06. The second kappa shape index (κ2) is 2.52. The molecule has 0 unspecified atom stereocenters. The van der Waals surface area contributed by atoms with Crippen LogP contribution >= 0.6 is 0 Å². The van der Waals surface area contributed by atoms with Crippen molar-refractivity contribution in [3.63, 3.8) is 0 Å². The van der Waals surface area contributed by atoms with Crippen LogP contribution in [0.4, 0.5) is 0 Å². The van der Waals surface area contributed by atoms with Gasteiger partial charge in [-0.15, -0.1) is 0 Å². The van der Waals surface area contributed by atoms with Crippen LogP contribution in [-0.4, -0.2) is 5.54 Å². The molecule has 0 saturated heterocycles. The van der Waals surface area contributed by atoms with Crippen LogP contribution in [0.3, 0.4) is 0 Å². The summed E-state index contributed by atoms with van der Waals surface area (Å²) in [6.07, 6.45) is 0. The third-order valence-corrected chi connectivity index (χ3v) is 2.21. The fraction of sp³-hybridized carbons (Fsp3) is 1.00. The molecule has 3 heteroatoms. The molecule has 0 aliphatic carbocycles. The quantitative estimate of drug-likeness (QED) is 0.658. The van der Waals surface area contributed by atoms with E-state index in [1.807, 2.05) is 20.8 Å². The molecule has 0 aromatic heterocycles. The molecule has 0 aromatic carbocycles. The van der Waals surface area contributed by atoms with Crippen molar-refractivity contribution in [1.82, 2.24) is 0 Å². The molecule has 0 saturated carbocycles. The van der Waals surface area contributed by atoms with E-state index in [0.29, 0.717) is 0 Å². The van der Waals surface area contributed by atoms with Crippen molar-refractivity contribution in [2.45, 2.75) is 26.3 Å². The molecule has 0 aliphatic heterocycles. The number of hydrogen-bond acceptors (Lipinski definition) is 2. The topological polar surface area (TPSA) is 29.4 Å². The van der Waals surface area contributed by atoms with Gasteiger partial charge >= 0.3 is 50.7 Å². The van der Waals surface area contributed by atoms with Gasteiger partial charge in [-0.1, -0.05) is 0 Å². The zero-order valence-electron chi connectivity index (χ0n) is 4.71. The van der Waals surface area contributed by atoms with Crippen LogP contribution in [0.2, 0.25) is 0 Å².